The Kier molecular flexibility index (Phi) is 7.23. The van der Waals surface area contributed by atoms with Crippen LogP contribution in [0.5, 0.6) is 0 Å². The van der Waals surface area contributed by atoms with Crippen LogP contribution in [0.25, 0.3) is 0 Å². The summed E-state index contributed by atoms with van der Waals surface area (Å²) < 4.78 is 4.79. The zero-order chi connectivity index (χ0) is 10.3. The van der Waals surface area contributed by atoms with E-state index in [1.807, 2.05) is 13.3 Å². The van der Waals surface area contributed by atoms with E-state index in [-0.39, 0.29) is 5.65 Å². The average Bonchev–Trinajstić information content (AvgIpc) is 2.10. The number of amides is 1. The Labute approximate surface area is 88.2 Å². The van der Waals surface area contributed by atoms with Gasteiger partial charge in [-0.25, -0.2) is 0 Å². The van der Waals surface area contributed by atoms with E-state index in [0.29, 0.717) is 6.73 Å². The standard InChI is InChI=1S/C7H18NO2PS2/c1-5-12-13-11(3,4)7(9)8-6-10-2/h11H,5-6H2,1-4H3,(H,8,9). The van der Waals surface area contributed by atoms with Crippen LogP contribution in [0.3, 0.4) is 0 Å². The number of carbonyl (C=O) groups is 1. The first-order chi connectivity index (χ1) is 6.04. The van der Waals surface area contributed by atoms with Gasteiger partial charge < -0.3 is 0 Å². The second-order valence-corrected chi connectivity index (χ2v) is 13.2. The third kappa shape index (κ3) is 5.78. The van der Waals surface area contributed by atoms with Gasteiger partial charge in [0, 0.05) is 0 Å². The molecule has 0 aliphatic carbocycles. The van der Waals surface area contributed by atoms with Crippen molar-refractivity contribution in [3.63, 3.8) is 0 Å². The van der Waals surface area contributed by atoms with Crippen molar-refractivity contribution in [3.8, 4) is 0 Å². The Hall–Kier alpha value is 0.560. The monoisotopic (exact) mass is 243 g/mol. The third-order valence-electron chi connectivity index (χ3n) is 1.31. The molecule has 0 aliphatic rings. The van der Waals surface area contributed by atoms with Crippen LogP contribution in [-0.4, -0.2) is 38.6 Å². The van der Waals surface area contributed by atoms with E-state index in [2.05, 4.69) is 12.2 Å². The van der Waals surface area contributed by atoms with E-state index in [4.69, 9.17) is 4.74 Å². The first-order valence-electron chi connectivity index (χ1n) is 4.12. The molecule has 0 saturated carbocycles. The van der Waals surface area contributed by atoms with Gasteiger partial charge in [0.05, 0.1) is 0 Å². The molecule has 0 aromatic carbocycles. The summed E-state index contributed by atoms with van der Waals surface area (Å²) in [7, 11) is 5.05. The van der Waals surface area contributed by atoms with E-state index >= 15 is 0 Å². The van der Waals surface area contributed by atoms with E-state index in [1.165, 1.54) is 0 Å². The molecule has 0 aliphatic heterocycles. The van der Waals surface area contributed by atoms with Crippen LogP contribution in [0, 0.1) is 0 Å². The van der Waals surface area contributed by atoms with Crippen molar-refractivity contribution < 1.29 is 9.53 Å². The molecule has 0 fully saturated rings. The normalized spacial score (nSPS) is 12.6. The molecule has 1 N–H and O–H groups in total. The molecule has 80 valence electrons. The number of methoxy groups -OCH3 is 1. The second-order valence-electron chi connectivity index (χ2n) is 2.94. The Morgan fingerprint density at radius 2 is 2.15 bits per heavy atom. The van der Waals surface area contributed by atoms with Crippen molar-refractivity contribution in [1.82, 2.24) is 5.32 Å². The first kappa shape index (κ1) is 13.6. The van der Waals surface area contributed by atoms with Crippen LogP contribution in [0.15, 0.2) is 0 Å². The van der Waals surface area contributed by atoms with E-state index in [1.54, 1.807) is 28.3 Å². The number of carbonyl (C=O) groups excluding carboxylic acids is 1. The molecule has 0 rings (SSSR count). The van der Waals surface area contributed by atoms with Crippen LogP contribution in [0.1, 0.15) is 6.92 Å². The van der Waals surface area contributed by atoms with E-state index in [0.717, 1.165) is 5.75 Å². The molecule has 1 amide bonds. The summed E-state index contributed by atoms with van der Waals surface area (Å²) in [6, 6.07) is 0. The van der Waals surface area contributed by atoms with E-state index in [9.17, 15) is 4.79 Å². The molecule has 0 bridgehead atoms. The van der Waals surface area contributed by atoms with Gasteiger partial charge >= 0.3 is 88.0 Å². The Bertz CT molecular complexity index is 167. The van der Waals surface area contributed by atoms with Crippen molar-refractivity contribution in [2.24, 2.45) is 0 Å². The molecule has 0 aromatic rings. The number of hydrogen-bond donors (Lipinski definition) is 1. The van der Waals surface area contributed by atoms with Crippen LogP contribution in [0.4, 0.5) is 4.79 Å². The molecule has 13 heavy (non-hydrogen) atoms. The van der Waals surface area contributed by atoms with Gasteiger partial charge in [-0.1, -0.05) is 0 Å². The van der Waals surface area contributed by atoms with Crippen molar-refractivity contribution in [1.29, 1.82) is 0 Å². The zero-order valence-corrected chi connectivity index (χ0v) is 11.2. The minimum atomic E-state index is -1.82. The first-order valence-corrected chi connectivity index (χ1v) is 10.2. The van der Waals surface area contributed by atoms with Gasteiger partial charge in [0.15, 0.2) is 0 Å². The molecule has 6 heteroatoms. The summed E-state index contributed by atoms with van der Waals surface area (Å²) >= 11 is 0. The number of rotatable bonds is 6. The predicted molar refractivity (Wildman–Crippen MR) is 66.3 cm³/mol. The van der Waals surface area contributed by atoms with Crippen LogP contribution < -0.4 is 5.32 Å². The van der Waals surface area contributed by atoms with Gasteiger partial charge in [-0.15, -0.1) is 0 Å². The quantitative estimate of drug-likeness (QED) is 0.442. The number of nitrogens with one attached hydrogen (secondary N) is 1. The van der Waals surface area contributed by atoms with Crippen molar-refractivity contribution >= 4 is 33.3 Å². The summed E-state index contributed by atoms with van der Waals surface area (Å²) in [6.45, 7) is 4.68. The fraction of sp³-hybridized carbons (Fsp3) is 0.857. The van der Waals surface area contributed by atoms with Crippen LogP contribution in [0.2, 0.25) is 0 Å². The van der Waals surface area contributed by atoms with Crippen LogP contribution >= 0.6 is 27.7 Å². The van der Waals surface area contributed by atoms with Gasteiger partial charge in [-0.05, 0) is 0 Å². The Morgan fingerprint density at radius 1 is 1.54 bits per heavy atom. The maximum atomic E-state index is 11.6. The molecule has 0 aromatic heterocycles. The fourth-order valence-corrected chi connectivity index (χ4v) is 7.66. The molecular formula is C7H18NO2PS2. The summed E-state index contributed by atoms with van der Waals surface area (Å²) in [4.78, 5) is 11.6. The molecular weight excluding hydrogens is 225 g/mol. The van der Waals surface area contributed by atoms with Crippen LogP contribution in [-0.2, 0) is 4.74 Å². The number of ether oxygens (including phenoxy) is 1. The topological polar surface area (TPSA) is 38.3 Å². The molecule has 0 radical (unpaired) electrons. The van der Waals surface area contributed by atoms with E-state index < -0.39 is 6.46 Å². The second kappa shape index (κ2) is 6.93. The van der Waals surface area contributed by atoms with Gasteiger partial charge in [0.1, 0.15) is 0 Å². The average molecular weight is 243 g/mol. The summed E-state index contributed by atoms with van der Waals surface area (Å²) in [5.74, 6) is 1.04. The fourth-order valence-electron chi connectivity index (χ4n) is 0.595. The number of hydrogen-bond acceptors (Lipinski definition) is 4. The molecule has 0 spiro atoms. The van der Waals surface area contributed by atoms with Crippen molar-refractivity contribution in [2.75, 3.05) is 32.9 Å². The van der Waals surface area contributed by atoms with Gasteiger partial charge in [-0.2, -0.15) is 0 Å². The van der Waals surface area contributed by atoms with Gasteiger partial charge in [0.2, 0.25) is 0 Å². The third-order valence-corrected chi connectivity index (χ3v) is 11.0. The SMILES string of the molecule is CCSS[PH](C)(C)C(=O)NCOC. The molecule has 0 saturated heterocycles. The summed E-state index contributed by atoms with van der Waals surface area (Å²) in [6.07, 6.45) is 0. The summed E-state index contributed by atoms with van der Waals surface area (Å²) in [5.41, 5.74) is 0.153. The Balaban J connectivity index is 3.87. The predicted octanol–water partition coefficient (Wildman–Crippen LogP) is 2.63. The van der Waals surface area contributed by atoms with Crippen molar-refractivity contribution in [2.45, 2.75) is 6.92 Å². The Morgan fingerprint density at radius 3 is 2.62 bits per heavy atom. The molecule has 0 atom stereocenters. The molecule has 0 heterocycles. The molecule has 3 nitrogen and oxygen atoms in total. The molecule has 0 unspecified atom stereocenters. The van der Waals surface area contributed by atoms with Gasteiger partial charge in [0.25, 0.3) is 0 Å². The zero-order valence-electron chi connectivity index (χ0n) is 8.55. The van der Waals surface area contributed by atoms with Crippen molar-refractivity contribution in [3.05, 3.63) is 0 Å². The maximum absolute atomic E-state index is 11.6. The van der Waals surface area contributed by atoms with Gasteiger partial charge in [-0.3, -0.25) is 0 Å². The minimum absolute atomic E-state index is 0.153. The summed E-state index contributed by atoms with van der Waals surface area (Å²) in [5, 5.41) is 2.75.